The maximum absolute atomic E-state index is 11.3. The fraction of sp³-hybridized carbons (Fsp3) is 0.583. The molecule has 0 aromatic rings. The predicted octanol–water partition coefficient (Wildman–Crippen LogP) is -1.44. The summed E-state index contributed by atoms with van der Waals surface area (Å²) in [7, 11) is 0. The number of allylic oxidation sites excluding steroid dienone is 3. The third kappa shape index (κ3) is 2.62. The first-order chi connectivity index (χ1) is 6.72. The van der Waals surface area contributed by atoms with Crippen LogP contribution in [0.1, 0.15) is 34.1 Å². The van der Waals surface area contributed by atoms with Gasteiger partial charge in [-0.1, -0.05) is 32.4 Å². The fourth-order valence-electron chi connectivity index (χ4n) is 2.06. The zero-order valence-corrected chi connectivity index (χ0v) is 13.7. The molecule has 1 unspecified atom stereocenters. The summed E-state index contributed by atoms with van der Waals surface area (Å²) in [4.78, 5) is 11.3. The van der Waals surface area contributed by atoms with Crippen LogP contribution in [0.3, 0.4) is 0 Å². The number of aliphatic carboxylic acids is 1. The number of hydrogen-bond acceptors (Lipinski definition) is 3. The van der Waals surface area contributed by atoms with Gasteiger partial charge in [-0.2, -0.15) is 0 Å². The zero-order valence-electron chi connectivity index (χ0n) is 10.6. The van der Waals surface area contributed by atoms with E-state index in [0.29, 0.717) is 6.42 Å². The molecule has 1 N–H and O–H groups in total. The monoisotopic (exact) mass is 248 g/mol. The summed E-state index contributed by atoms with van der Waals surface area (Å²) in [5, 5.41) is 21.2. The summed E-state index contributed by atoms with van der Waals surface area (Å²) < 4.78 is 0. The maximum Gasteiger partial charge on any atom is 1.00 e. The number of hydrogen-bond donors (Lipinski definition) is 1. The average molecular weight is 248 g/mol. The molecular weight excluding hydrogens is 231 g/mol. The molecule has 16 heavy (non-hydrogen) atoms. The first-order valence-electron chi connectivity index (χ1n) is 5.00. The van der Waals surface area contributed by atoms with Gasteiger partial charge in [-0.25, -0.2) is 0 Å². The van der Waals surface area contributed by atoms with Gasteiger partial charge in [0.05, 0.1) is 11.4 Å². The Morgan fingerprint density at radius 2 is 1.94 bits per heavy atom. The van der Waals surface area contributed by atoms with Crippen molar-refractivity contribution < 1.29 is 66.4 Å². The molecule has 0 aromatic carbocycles. The van der Waals surface area contributed by atoms with E-state index in [-0.39, 0.29) is 57.1 Å². The molecule has 0 bridgehead atoms. The van der Waals surface area contributed by atoms with Gasteiger partial charge in [0, 0.05) is 0 Å². The molecule has 1 aliphatic carbocycles. The second kappa shape index (κ2) is 5.35. The van der Waals surface area contributed by atoms with Crippen molar-refractivity contribution in [1.82, 2.24) is 0 Å². The van der Waals surface area contributed by atoms with Crippen molar-refractivity contribution in [2.24, 2.45) is 10.8 Å². The van der Waals surface area contributed by atoms with Gasteiger partial charge in [0.1, 0.15) is 5.76 Å². The summed E-state index contributed by atoms with van der Waals surface area (Å²) in [6.07, 6.45) is 3.50. The largest absolute Gasteiger partial charge is 1.00 e. The Morgan fingerprint density at radius 3 is 2.25 bits per heavy atom. The maximum atomic E-state index is 11.3. The molecule has 0 heterocycles. The summed E-state index contributed by atoms with van der Waals surface area (Å²) >= 11 is 0. The van der Waals surface area contributed by atoms with Gasteiger partial charge in [0.25, 0.3) is 0 Å². The summed E-state index contributed by atoms with van der Waals surface area (Å²) in [5.41, 5.74) is -0.944. The topological polar surface area (TPSA) is 60.4 Å². The zero-order chi connectivity index (χ0) is 11.9. The van der Waals surface area contributed by atoms with Gasteiger partial charge in [0.2, 0.25) is 0 Å². The molecule has 0 radical (unpaired) electrons. The number of carboxylic acids is 1. The van der Waals surface area contributed by atoms with Crippen LogP contribution in [0, 0.1) is 10.8 Å². The van der Waals surface area contributed by atoms with Crippen molar-refractivity contribution in [3.05, 3.63) is 23.5 Å². The van der Waals surface area contributed by atoms with Crippen LogP contribution in [-0.2, 0) is 4.79 Å². The van der Waals surface area contributed by atoms with Crippen LogP contribution in [0.5, 0.6) is 0 Å². The van der Waals surface area contributed by atoms with Crippen molar-refractivity contribution in [2.45, 2.75) is 34.1 Å². The van der Waals surface area contributed by atoms with Crippen LogP contribution in [0.25, 0.3) is 0 Å². The number of aliphatic hydroxyl groups is 1. The minimum absolute atomic E-state index is 0. The Morgan fingerprint density at radius 1 is 1.44 bits per heavy atom. The Hall–Kier alpha value is 0.386. The molecule has 84 valence electrons. The predicted molar refractivity (Wildman–Crippen MR) is 56.0 cm³/mol. The third-order valence-electron chi connectivity index (χ3n) is 3.14. The fourth-order valence-corrected chi connectivity index (χ4v) is 2.06. The molecule has 0 saturated carbocycles. The van der Waals surface area contributed by atoms with E-state index in [4.69, 9.17) is 0 Å². The summed E-state index contributed by atoms with van der Waals surface area (Å²) in [6.45, 7) is 7.24. The molecule has 0 amide bonds. The van der Waals surface area contributed by atoms with E-state index >= 15 is 0 Å². The van der Waals surface area contributed by atoms with Gasteiger partial charge < -0.3 is 15.0 Å². The minimum Gasteiger partial charge on any atom is -0.549 e. The number of rotatable bonds is 1. The van der Waals surface area contributed by atoms with E-state index in [1.54, 1.807) is 26.8 Å². The molecule has 0 fully saturated rings. The third-order valence-corrected chi connectivity index (χ3v) is 3.14. The van der Waals surface area contributed by atoms with Gasteiger partial charge in [0.15, 0.2) is 0 Å². The Balaban J connectivity index is 0.00000225. The normalized spacial score (nSPS) is 25.2. The molecule has 0 saturated heterocycles. The molecule has 1 rings (SSSR count). The smallest absolute Gasteiger partial charge is 0.549 e. The van der Waals surface area contributed by atoms with Crippen LogP contribution in [0.4, 0.5) is 0 Å². The van der Waals surface area contributed by atoms with Crippen LogP contribution in [0.2, 0.25) is 0 Å². The van der Waals surface area contributed by atoms with E-state index < -0.39 is 16.8 Å². The Labute approximate surface area is 139 Å². The number of aliphatic hydroxyl groups excluding tert-OH is 1. The second-order valence-corrected chi connectivity index (χ2v) is 5.18. The van der Waals surface area contributed by atoms with Crippen molar-refractivity contribution in [2.75, 3.05) is 0 Å². The SMILES string of the molecule is CC1=CC=C(O)C(C(=O)[O-])(C(C)(C)C)C1.[K+]. The molecule has 0 aromatic heterocycles. The van der Waals surface area contributed by atoms with E-state index in [1.807, 2.05) is 6.92 Å². The van der Waals surface area contributed by atoms with Gasteiger partial charge >= 0.3 is 51.4 Å². The van der Waals surface area contributed by atoms with Crippen molar-refractivity contribution in [1.29, 1.82) is 0 Å². The standard InChI is InChI=1S/C12H18O3.K/c1-8-5-6-9(13)12(7-8,10(14)15)11(2,3)4;/h5-6,13H,7H2,1-4H3,(H,14,15);/q;+1/p-1. The van der Waals surface area contributed by atoms with Crippen LogP contribution < -0.4 is 56.5 Å². The minimum atomic E-state index is -1.30. The van der Waals surface area contributed by atoms with E-state index in [1.165, 1.54) is 6.08 Å². The number of carbonyl (C=O) groups excluding carboxylic acids is 1. The molecule has 0 aliphatic heterocycles. The molecule has 1 atom stereocenters. The van der Waals surface area contributed by atoms with Crippen molar-refractivity contribution in [3.63, 3.8) is 0 Å². The van der Waals surface area contributed by atoms with Crippen LogP contribution >= 0.6 is 0 Å². The van der Waals surface area contributed by atoms with Crippen molar-refractivity contribution in [3.8, 4) is 0 Å². The number of carbonyl (C=O) groups is 1. The molecular formula is C12H17KO3. The first kappa shape index (κ1) is 16.4. The molecule has 0 spiro atoms. The molecule has 4 heteroatoms. The van der Waals surface area contributed by atoms with E-state index in [9.17, 15) is 15.0 Å². The summed E-state index contributed by atoms with van der Waals surface area (Å²) in [6, 6.07) is 0. The van der Waals surface area contributed by atoms with Gasteiger partial charge in [-0.15, -0.1) is 0 Å². The van der Waals surface area contributed by atoms with Gasteiger partial charge in [-0.05, 0) is 24.8 Å². The molecule has 3 nitrogen and oxygen atoms in total. The Kier molecular flexibility index (Phi) is 5.48. The molecule has 1 aliphatic rings. The van der Waals surface area contributed by atoms with Crippen LogP contribution in [0.15, 0.2) is 23.5 Å². The number of carboxylic acid groups (broad SMARTS) is 1. The Bertz CT molecular complexity index is 350. The van der Waals surface area contributed by atoms with E-state index in [0.717, 1.165) is 5.57 Å². The van der Waals surface area contributed by atoms with Crippen LogP contribution in [-0.4, -0.2) is 11.1 Å². The quantitative estimate of drug-likeness (QED) is 0.579. The average Bonchev–Trinajstić information content (AvgIpc) is 2.06. The van der Waals surface area contributed by atoms with E-state index in [2.05, 4.69) is 0 Å². The summed E-state index contributed by atoms with van der Waals surface area (Å²) in [5.74, 6) is -1.32. The van der Waals surface area contributed by atoms with Gasteiger partial charge in [-0.3, -0.25) is 0 Å². The second-order valence-electron chi connectivity index (χ2n) is 5.18. The van der Waals surface area contributed by atoms with Crippen molar-refractivity contribution >= 4 is 5.97 Å². The first-order valence-corrected chi connectivity index (χ1v) is 5.00.